The summed E-state index contributed by atoms with van der Waals surface area (Å²) in [7, 11) is 1.52. The van der Waals surface area contributed by atoms with Crippen LogP contribution in [0.3, 0.4) is 0 Å². The normalized spacial score (nSPS) is 10.7. The van der Waals surface area contributed by atoms with Crippen LogP contribution in [-0.4, -0.2) is 90.2 Å². The van der Waals surface area contributed by atoms with E-state index in [4.69, 9.17) is 9.47 Å². The van der Waals surface area contributed by atoms with Gasteiger partial charge in [0.05, 0.1) is 32.9 Å². The first-order valence-corrected chi connectivity index (χ1v) is 13.3. The van der Waals surface area contributed by atoms with Crippen molar-refractivity contribution in [2.24, 2.45) is 0 Å². The first-order valence-electron chi connectivity index (χ1n) is 13.3. The van der Waals surface area contributed by atoms with Gasteiger partial charge in [0.25, 0.3) is 5.56 Å². The van der Waals surface area contributed by atoms with Gasteiger partial charge >= 0.3 is 62.8 Å². The zero-order chi connectivity index (χ0) is 29.6. The van der Waals surface area contributed by atoms with Crippen molar-refractivity contribution in [3.63, 3.8) is 0 Å². The van der Waals surface area contributed by atoms with Crippen molar-refractivity contribution in [2.75, 3.05) is 13.7 Å². The summed E-state index contributed by atoms with van der Waals surface area (Å²) in [5, 5.41) is 3.80. The summed E-state index contributed by atoms with van der Waals surface area (Å²) in [6.45, 7) is 1.92. The molecular weight excluding hydrogens is 579 g/mol. The van der Waals surface area contributed by atoms with Gasteiger partial charge in [-0.05, 0) is 47.4 Å². The van der Waals surface area contributed by atoms with Gasteiger partial charge in [-0.3, -0.25) is 28.2 Å². The van der Waals surface area contributed by atoms with Crippen molar-refractivity contribution >= 4 is 57.2 Å². The van der Waals surface area contributed by atoms with Crippen LogP contribution in [0, 0.1) is 0 Å². The molecule has 0 radical (unpaired) electrons. The van der Waals surface area contributed by atoms with E-state index < -0.39 is 23.5 Å². The number of benzene rings is 3. The number of nitrogens with one attached hydrogen (secondary N) is 1. The Morgan fingerprint density at radius 1 is 0.930 bits per heavy atom. The van der Waals surface area contributed by atoms with Crippen molar-refractivity contribution in [3.8, 4) is 34.1 Å². The van der Waals surface area contributed by atoms with Crippen LogP contribution in [-0.2, 0) is 13.1 Å². The number of ketones is 1. The van der Waals surface area contributed by atoms with E-state index >= 15 is 0 Å². The van der Waals surface area contributed by atoms with Crippen LogP contribution in [0.4, 0.5) is 0 Å². The number of aromatic amines is 1. The summed E-state index contributed by atoms with van der Waals surface area (Å²) < 4.78 is 17.8. The summed E-state index contributed by atoms with van der Waals surface area (Å²) in [4.78, 5) is 53.5. The van der Waals surface area contributed by atoms with Crippen molar-refractivity contribution in [3.05, 3.63) is 121 Å². The fraction of sp³-hybridized carbons (Fsp3) is 0.194. The average Bonchev–Trinajstić information content (AvgIpc) is 3.46. The van der Waals surface area contributed by atoms with Crippen LogP contribution >= 0.6 is 0 Å². The molecule has 3 aromatic carbocycles. The first-order chi connectivity index (χ1) is 20.4. The Morgan fingerprint density at radius 2 is 1.63 bits per heavy atom. The first kappa shape index (κ1) is 32.1. The Labute approximate surface area is 288 Å². The molecule has 0 aliphatic carbocycles. The number of ether oxygens (including phenoxy) is 2. The van der Waals surface area contributed by atoms with Gasteiger partial charge < -0.3 is 9.47 Å². The van der Waals surface area contributed by atoms with Gasteiger partial charge in [-0.2, -0.15) is 0 Å². The van der Waals surface area contributed by atoms with Crippen molar-refractivity contribution in [1.29, 1.82) is 0 Å². The van der Waals surface area contributed by atoms with Gasteiger partial charge in [-0.15, -0.1) is 0 Å². The number of hydrogen-bond acceptors (Lipinski definition) is 8. The number of methoxy groups -OCH3 is 1. The van der Waals surface area contributed by atoms with Crippen molar-refractivity contribution < 1.29 is 18.8 Å². The number of nitrogens with zero attached hydrogens (tertiary/aromatic N) is 3. The molecule has 216 valence electrons. The Balaban J connectivity index is 0.00000423. The molecule has 0 atom stereocenters. The van der Waals surface area contributed by atoms with Crippen LogP contribution in [0.15, 0.2) is 97.8 Å². The SMILES string of the molecule is CCCOc1cc(=O)n(CC(=O)c2ccc(OC)cc2)c(=O)n1Cc1ccc(-c2ccccc2-c2noc(=O)[nH]2)cc1.[KH]. The maximum atomic E-state index is 13.6. The molecule has 0 bridgehead atoms. The fourth-order valence-corrected chi connectivity index (χ4v) is 4.48. The fourth-order valence-electron chi connectivity index (χ4n) is 4.48. The van der Waals surface area contributed by atoms with E-state index in [1.165, 1.54) is 17.7 Å². The van der Waals surface area contributed by atoms with E-state index in [0.717, 1.165) is 21.3 Å². The molecule has 0 fully saturated rings. The second-order valence-electron chi connectivity index (χ2n) is 9.46. The standard InChI is InChI=1S/C31H28N4O7.K.H/c1-3-16-41-28-17-27(37)34(19-26(36)22-12-14-23(40-2)15-13-22)31(39)35(28)18-20-8-10-21(11-9-20)24-6-4-5-7-25(24)29-32-30(38)42-33-29;;/h4-15,17H,3,16,18-19H2,1-2H3,(H,32,33,38);;. The third kappa shape index (κ3) is 7.40. The van der Waals surface area contributed by atoms with Crippen molar-refractivity contribution in [1.82, 2.24) is 19.3 Å². The molecule has 0 unspecified atom stereocenters. The number of H-pyrrole nitrogens is 1. The number of carbonyl (C=O) groups excluding carboxylic acids is 1. The quantitative estimate of drug-likeness (QED) is 0.178. The molecule has 5 rings (SSSR count). The molecule has 0 spiro atoms. The molecule has 0 saturated carbocycles. The average molecular weight is 609 g/mol. The van der Waals surface area contributed by atoms with Crippen LogP contribution in [0.25, 0.3) is 22.5 Å². The second-order valence-corrected chi connectivity index (χ2v) is 9.46. The van der Waals surface area contributed by atoms with Gasteiger partial charge in [0, 0.05) is 11.1 Å². The van der Waals surface area contributed by atoms with Gasteiger partial charge in [-0.1, -0.05) is 60.6 Å². The second kappa shape index (κ2) is 14.6. The van der Waals surface area contributed by atoms with Gasteiger partial charge in [-0.25, -0.2) is 9.59 Å². The van der Waals surface area contributed by atoms with Crippen LogP contribution in [0.5, 0.6) is 11.6 Å². The predicted octanol–water partition coefficient (Wildman–Crippen LogP) is 3.10. The molecule has 43 heavy (non-hydrogen) atoms. The Hall–Kier alpha value is -3.81. The molecule has 0 saturated heterocycles. The number of aromatic nitrogens is 4. The van der Waals surface area contributed by atoms with E-state index in [1.54, 1.807) is 24.3 Å². The summed E-state index contributed by atoms with van der Waals surface area (Å²) in [6, 6.07) is 22.6. The van der Waals surface area contributed by atoms with Crippen LogP contribution in [0.1, 0.15) is 29.3 Å². The van der Waals surface area contributed by atoms with Gasteiger partial charge in [0.1, 0.15) is 5.75 Å². The van der Waals surface area contributed by atoms with E-state index in [-0.39, 0.29) is 69.6 Å². The summed E-state index contributed by atoms with van der Waals surface area (Å²) in [5.41, 5.74) is 2.20. The summed E-state index contributed by atoms with van der Waals surface area (Å²) in [5.74, 6) is 0.00158. The minimum atomic E-state index is -0.653. The van der Waals surface area contributed by atoms with Crippen LogP contribution in [0.2, 0.25) is 0 Å². The summed E-state index contributed by atoms with van der Waals surface area (Å²) >= 11 is 0. The molecule has 2 aromatic heterocycles. The molecule has 1 N–H and O–H groups in total. The number of carbonyl (C=O) groups is 1. The van der Waals surface area contributed by atoms with Gasteiger partial charge in [0.2, 0.25) is 5.88 Å². The van der Waals surface area contributed by atoms with E-state index in [2.05, 4.69) is 14.7 Å². The topological polar surface area (TPSA) is 138 Å². The zero-order valence-corrected chi connectivity index (χ0v) is 23.0. The van der Waals surface area contributed by atoms with E-state index in [1.807, 2.05) is 55.5 Å². The predicted molar refractivity (Wildman–Crippen MR) is 162 cm³/mol. The van der Waals surface area contributed by atoms with E-state index in [0.29, 0.717) is 35.7 Å². The monoisotopic (exact) mass is 608 g/mol. The molecular formula is C31H29KN4O7. The molecule has 0 aliphatic heterocycles. The summed E-state index contributed by atoms with van der Waals surface area (Å²) in [6.07, 6.45) is 0.679. The molecule has 0 aliphatic rings. The van der Waals surface area contributed by atoms with Crippen molar-refractivity contribution in [2.45, 2.75) is 26.4 Å². The van der Waals surface area contributed by atoms with Crippen LogP contribution < -0.4 is 26.5 Å². The third-order valence-electron chi connectivity index (χ3n) is 6.64. The Kier molecular flexibility index (Phi) is 10.9. The Morgan fingerprint density at radius 3 is 2.26 bits per heavy atom. The zero-order valence-electron chi connectivity index (χ0n) is 23.0. The van der Waals surface area contributed by atoms with E-state index in [9.17, 15) is 19.2 Å². The minimum absolute atomic E-state index is 0. The molecule has 11 nitrogen and oxygen atoms in total. The molecule has 2 heterocycles. The Bertz CT molecular complexity index is 1890. The number of Topliss-reactive ketones (excluding diaryl/α,β-unsaturated/α-hetero) is 1. The van der Waals surface area contributed by atoms with Gasteiger partial charge in [0.15, 0.2) is 11.6 Å². The molecule has 0 amide bonds. The third-order valence-corrected chi connectivity index (χ3v) is 6.64. The molecule has 5 aromatic rings. The molecule has 12 heteroatoms. The number of hydrogen-bond donors (Lipinski definition) is 1. The maximum absolute atomic E-state index is 13.6. The number of rotatable bonds is 11.